The van der Waals surface area contributed by atoms with E-state index < -0.39 is 0 Å². The summed E-state index contributed by atoms with van der Waals surface area (Å²) < 4.78 is 1.15. The monoisotopic (exact) mass is 268 g/mol. The number of nitrogens with zero attached hydrogens (tertiary/aromatic N) is 1. The topological polar surface area (TPSA) is 29.3 Å². The number of rotatable bonds is 2. The molecule has 1 saturated heterocycles. The Labute approximate surface area is 99.6 Å². The van der Waals surface area contributed by atoms with Crippen molar-refractivity contribution in [1.82, 2.24) is 4.90 Å². The largest absolute Gasteiger partial charge is 0.326 e. The average Bonchev–Trinajstić information content (AvgIpc) is 2.45. The highest BCUT2D eigenvalue weighted by Gasteiger charge is 2.26. The van der Waals surface area contributed by atoms with Gasteiger partial charge < -0.3 is 5.73 Å². The lowest BCUT2D eigenvalue weighted by atomic mass is 10.1. The summed E-state index contributed by atoms with van der Waals surface area (Å²) in [6, 6.07) is 8.83. The number of likely N-dealkylation sites (tertiary alicyclic amines) is 1. The van der Waals surface area contributed by atoms with E-state index in [1.807, 2.05) is 0 Å². The van der Waals surface area contributed by atoms with Crippen molar-refractivity contribution in [1.29, 1.82) is 0 Å². The molecule has 1 heterocycles. The molecule has 0 aromatic heterocycles. The van der Waals surface area contributed by atoms with Gasteiger partial charge in [0, 0.05) is 30.1 Å². The Hall–Kier alpha value is -0.380. The van der Waals surface area contributed by atoms with E-state index in [0.29, 0.717) is 12.0 Å². The lowest BCUT2D eigenvalue weighted by molar-refractivity contribution is 0.319. The maximum atomic E-state index is 6.00. The SMILES string of the molecule is CC1CN(Cc2cccc(Br)c2)CC1N. The van der Waals surface area contributed by atoms with Gasteiger partial charge in [0.2, 0.25) is 0 Å². The molecule has 3 heteroatoms. The predicted octanol–water partition coefficient (Wildman–Crippen LogP) is 2.23. The van der Waals surface area contributed by atoms with Crippen LogP contribution in [0.1, 0.15) is 12.5 Å². The molecule has 0 radical (unpaired) electrons. The van der Waals surface area contributed by atoms with Gasteiger partial charge in [-0.1, -0.05) is 35.0 Å². The van der Waals surface area contributed by atoms with Gasteiger partial charge in [0.1, 0.15) is 0 Å². The summed E-state index contributed by atoms with van der Waals surface area (Å²) in [7, 11) is 0. The second-order valence-corrected chi connectivity index (χ2v) is 5.38. The van der Waals surface area contributed by atoms with Crippen LogP contribution in [0.2, 0.25) is 0 Å². The molecule has 2 N–H and O–H groups in total. The minimum atomic E-state index is 0.345. The van der Waals surface area contributed by atoms with Crippen LogP contribution in [0.15, 0.2) is 28.7 Å². The van der Waals surface area contributed by atoms with Gasteiger partial charge in [0.05, 0.1) is 0 Å². The molecular weight excluding hydrogens is 252 g/mol. The highest BCUT2D eigenvalue weighted by atomic mass is 79.9. The van der Waals surface area contributed by atoms with Crippen LogP contribution in [0.5, 0.6) is 0 Å². The summed E-state index contributed by atoms with van der Waals surface area (Å²) in [5, 5.41) is 0. The Bertz CT molecular complexity index is 330. The lowest BCUT2D eigenvalue weighted by Crippen LogP contribution is -2.28. The molecule has 0 saturated carbocycles. The summed E-state index contributed by atoms with van der Waals surface area (Å²) in [6.07, 6.45) is 0. The van der Waals surface area contributed by atoms with E-state index in [2.05, 4.69) is 52.0 Å². The van der Waals surface area contributed by atoms with Gasteiger partial charge in [0.25, 0.3) is 0 Å². The van der Waals surface area contributed by atoms with Crippen LogP contribution in [-0.4, -0.2) is 24.0 Å². The second kappa shape index (κ2) is 4.64. The van der Waals surface area contributed by atoms with Crippen LogP contribution in [0.4, 0.5) is 0 Å². The first-order valence-corrected chi connectivity index (χ1v) is 6.17. The summed E-state index contributed by atoms with van der Waals surface area (Å²) in [5.74, 6) is 0.622. The summed E-state index contributed by atoms with van der Waals surface area (Å²) in [4.78, 5) is 2.43. The number of hydrogen-bond acceptors (Lipinski definition) is 2. The quantitative estimate of drug-likeness (QED) is 0.892. The highest BCUT2D eigenvalue weighted by Crippen LogP contribution is 2.19. The van der Waals surface area contributed by atoms with Crippen molar-refractivity contribution < 1.29 is 0 Å². The Morgan fingerprint density at radius 3 is 2.87 bits per heavy atom. The molecule has 0 amide bonds. The van der Waals surface area contributed by atoms with E-state index in [1.54, 1.807) is 0 Å². The first-order chi connectivity index (χ1) is 7.15. The molecular formula is C12H17BrN2. The van der Waals surface area contributed by atoms with E-state index in [0.717, 1.165) is 24.1 Å². The molecule has 1 aliphatic rings. The van der Waals surface area contributed by atoms with Crippen LogP contribution in [0.25, 0.3) is 0 Å². The molecule has 1 aromatic rings. The Morgan fingerprint density at radius 2 is 2.27 bits per heavy atom. The third-order valence-electron chi connectivity index (χ3n) is 3.04. The van der Waals surface area contributed by atoms with Crippen molar-refractivity contribution in [2.24, 2.45) is 11.7 Å². The normalized spacial score (nSPS) is 27.1. The van der Waals surface area contributed by atoms with Crippen molar-refractivity contribution in [2.45, 2.75) is 19.5 Å². The van der Waals surface area contributed by atoms with E-state index in [-0.39, 0.29) is 0 Å². The first kappa shape index (κ1) is 11.1. The van der Waals surface area contributed by atoms with Crippen LogP contribution in [0, 0.1) is 5.92 Å². The zero-order valence-electron chi connectivity index (χ0n) is 8.99. The van der Waals surface area contributed by atoms with Crippen molar-refractivity contribution >= 4 is 15.9 Å². The Kier molecular flexibility index (Phi) is 3.44. The predicted molar refractivity (Wildman–Crippen MR) is 66.6 cm³/mol. The van der Waals surface area contributed by atoms with Crippen LogP contribution in [-0.2, 0) is 6.54 Å². The third-order valence-corrected chi connectivity index (χ3v) is 3.53. The van der Waals surface area contributed by atoms with E-state index >= 15 is 0 Å². The molecule has 15 heavy (non-hydrogen) atoms. The van der Waals surface area contributed by atoms with Crippen molar-refractivity contribution in [3.05, 3.63) is 34.3 Å². The molecule has 1 fully saturated rings. The van der Waals surface area contributed by atoms with E-state index in [4.69, 9.17) is 5.73 Å². The Morgan fingerprint density at radius 1 is 1.47 bits per heavy atom. The first-order valence-electron chi connectivity index (χ1n) is 5.37. The van der Waals surface area contributed by atoms with Crippen molar-refractivity contribution in [3.63, 3.8) is 0 Å². The summed E-state index contributed by atoms with van der Waals surface area (Å²) in [6.45, 7) is 5.38. The van der Waals surface area contributed by atoms with Gasteiger partial charge in [-0.15, -0.1) is 0 Å². The molecule has 0 aliphatic carbocycles. The molecule has 2 rings (SSSR count). The number of halogens is 1. The van der Waals surface area contributed by atoms with Gasteiger partial charge in [0.15, 0.2) is 0 Å². The standard InChI is InChI=1S/C12H17BrN2/c1-9-6-15(8-12(9)14)7-10-3-2-4-11(13)5-10/h2-5,9,12H,6-8,14H2,1H3. The number of nitrogens with two attached hydrogens (primary N) is 1. The van der Waals surface area contributed by atoms with E-state index in [1.165, 1.54) is 5.56 Å². The lowest BCUT2D eigenvalue weighted by Gasteiger charge is -2.15. The zero-order valence-corrected chi connectivity index (χ0v) is 10.6. The third kappa shape index (κ3) is 2.80. The smallest absolute Gasteiger partial charge is 0.0234 e. The zero-order chi connectivity index (χ0) is 10.8. The minimum absolute atomic E-state index is 0.345. The van der Waals surface area contributed by atoms with Crippen LogP contribution >= 0.6 is 15.9 Å². The van der Waals surface area contributed by atoms with Gasteiger partial charge in [-0.3, -0.25) is 4.90 Å². The van der Waals surface area contributed by atoms with Gasteiger partial charge in [-0.2, -0.15) is 0 Å². The van der Waals surface area contributed by atoms with E-state index in [9.17, 15) is 0 Å². The molecule has 0 spiro atoms. The molecule has 2 unspecified atom stereocenters. The van der Waals surface area contributed by atoms with Gasteiger partial charge in [-0.25, -0.2) is 0 Å². The van der Waals surface area contributed by atoms with Gasteiger partial charge in [-0.05, 0) is 23.6 Å². The number of benzene rings is 1. The van der Waals surface area contributed by atoms with Crippen LogP contribution in [0.3, 0.4) is 0 Å². The number of hydrogen-bond donors (Lipinski definition) is 1. The summed E-state index contributed by atoms with van der Waals surface area (Å²) >= 11 is 3.49. The average molecular weight is 269 g/mol. The minimum Gasteiger partial charge on any atom is -0.326 e. The Balaban J connectivity index is 1.98. The fraction of sp³-hybridized carbons (Fsp3) is 0.500. The van der Waals surface area contributed by atoms with Crippen LogP contribution < -0.4 is 5.73 Å². The highest BCUT2D eigenvalue weighted by molar-refractivity contribution is 9.10. The molecule has 82 valence electrons. The van der Waals surface area contributed by atoms with Gasteiger partial charge >= 0.3 is 0 Å². The molecule has 0 bridgehead atoms. The molecule has 2 nitrogen and oxygen atoms in total. The van der Waals surface area contributed by atoms with Crippen molar-refractivity contribution in [3.8, 4) is 0 Å². The second-order valence-electron chi connectivity index (χ2n) is 4.47. The van der Waals surface area contributed by atoms with Crippen molar-refractivity contribution in [2.75, 3.05) is 13.1 Å². The molecule has 1 aliphatic heterocycles. The summed E-state index contributed by atoms with van der Waals surface area (Å²) in [5.41, 5.74) is 7.35. The molecule has 1 aromatic carbocycles. The maximum Gasteiger partial charge on any atom is 0.0234 e. The fourth-order valence-electron chi connectivity index (χ4n) is 2.12. The maximum absolute atomic E-state index is 6.00. The molecule has 2 atom stereocenters. The fourth-order valence-corrected chi connectivity index (χ4v) is 2.56.